The van der Waals surface area contributed by atoms with Crippen molar-refractivity contribution in [3.8, 4) is 11.3 Å². The lowest BCUT2D eigenvalue weighted by molar-refractivity contribution is 0.0699. The normalized spacial score (nSPS) is 15.6. The Balaban J connectivity index is 1.80. The number of anilines is 2. The average molecular weight is 337 g/mol. The lowest BCUT2D eigenvalue weighted by Gasteiger charge is -2.22. The second-order valence-electron chi connectivity index (χ2n) is 5.55. The first-order valence-electron chi connectivity index (χ1n) is 7.53. The number of rotatable bonds is 4. The van der Waals surface area contributed by atoms with E-state index < -0.39 is 5.82 Å². The zero-order valence-electron chi connectivity index (χ0n) is 12.6. The Bertz CT molecular complexity index is 692. The molecule has 7 heteroatoms. The van der Waals surface area contributed by atoms with Crippen molar-refractivity contribution in [2.24, 2.45) is 5.92 Å². The Morgan fingerprint density at radius 2 is 2.13 bits per heavy atom. The summed E-state index contributed by atoms with van der Waals surface area (Å²) in [6.45, 7) is 2.40. The van der Waals surface area contributed by atoms with Crippen LogP contribution in [0, 0.1) is 11.7 Å². The molecule has 2 aromatic rings. The molecule has 0 aromatic carbocycles. The Morgan fingerprint density at radius 1 is 1.35 bits per heavy atom. The molecule has 3 N–H and O–H groups in total. The van der Waals surface area contributed by atoms with E-state index in [0.29, 0.717) is 22.5 Å². The topological polar surface area (TPSA) is 73.1 Å². The number of halogens is 2. The molecule has 1 saturated heterocycles. The third kappa shape index (κ3) is 3.89. The highest BCUT2D eigenvalue weighted by molar-refractivity contribution is 6.33. The zero-order valence-corrected chi connectivity index (χ0v) is 13.3. The van der Waals surface area contributed by atoms with Gasteiger partial charge in [0.05, 0.1) is 16.9 Å². The molecule has 3 heterocycles. The first-order chi connectivity index (χ1) is 11.1. The highest BCUT2D eigenvalue weighted by Crippen LogP contribution is 2.30. The molecule has 0 saturated carbocycles. The van der Waals surface area contributed by atoms with Crippen LogP contribution in [-0.4, -0.2) is 29.7 Å². The minimum absolute atomic E-state index is 0.222. The van der Waals surface area contributed by atoms with Crippen LogP contribution in [0.3, 0.4) is 0 Å². The second kappa shape index (κ2) is 7.10. The van der Waals surface area contributed by atoms with Crippen molar-refractivity contribution in [1.29, 1.82) is 0 Å². The van der Waals surface area contributed by atoms with Crippen molar-refractivity contribution in [3.05, 3.63) is 35.2 Å². The summed E-state index contributed by atoms with van der Waals surface area (Å²) >= 11 is 6.17. The Hall–Kier alpha value is -1.92. The van der Waals surface area contributed by atoms with E-state index in [1.165, 1.54) is 6.07 Å². The van der Waals surface area contributed by atoms with E-state index in [-0.39, 0.29) is 11.4 Å². The molecule has 2 aromatic heterocycles. The number of hydrogen-bond acceptors (Lipinski definition) is 5. The predicted molar refractivity (Wildman–Crippen MR) is 88.9 cm³/mol. The number of nitrogens with one attached hydrogen (secondary N) is 1. The van der Waals surface area contributed by atoms with Crippen molar-refractivity contribution in [3.63, 3.8) is 0 Å². The predicted octanol–water partition coefficient (Wildman–Crippen LogP) is 3.36. The van der Waals surface area contributed by atoms with Gasteiger partial charge < -0.3 is 15.8 Å². The molecule has 1 aliphatic heterocycles. The molecular weight excluding hydrogens is 319 g/mol. The average Bonchev–Trinajstić information content (AvgIpc) is 2.57. The van der Waals surface area contributed by atoms with Gasteiger partial charge in [0.1, 0.15) is 11.6 Å². The number of nitrogens with two attached hydrogens (primary N) is 1. The summed E-state index contributed by atoms with van der Waals surface area (Å²) in [6.07, 6.45) is 3.14. The maximum Gasteiger partial charge on any atom is 0.151 e. The largest absolute Gasteiger partial charge is 0.384 e. The first-order valence-corrected chi connectivity index (χ1v) is 7.91. The minimum atomic E-state index is -0.504. The maximum absolute atomic E-state index is 14.0. The van der Waals surface area contributed by atoms with Crippen LogP contribution in [-0.2, 0) is 4.74 Å². The fourth-order valence-electron chi connectivity index (χ4n) is 2.57. The standard InChI is InChI=1S/C16H18ClFN4O/c17-12-1-2-15(21-8-10-3-5-23-6-4-10)22-16(12)11-7-14(19)20-9-13(11)18/h1-2,7,9-10H,3-6,8H2,(H2,19,20)(H,21,22). The Kier molecular flexibility index (Phi) is 4.93. The van der Waals surface area contributed by atoms with Gasteiger partial charge in [-0.1, -0.05) is 11.6 Å². The number of aromatic nitrogens is 2. The molecule has 23 heavy (non-hydrogen) atoms. The van der Waals surface area contributed by atoms with Gasteiger partial charge in [-0.05, 0) is 37.0 Å². The molecule has 0 aliphatic carbocycles. The second-order valence-corrected chi connectivity index (χ2v) is 5.96. The van der Waals surface area contributed by atoms with Gasteiger partial charge in [-0.15, -0.1) is 0 Å². The van der Waals surface area contributed by atoms with Gasteiger partial charge in [-0.2, -0.15) is 0 Å². The van der Waals surface area contributed by atoms with Crippen molar-refractivity contribution in [2.45, 2.75) is 12.8 Å². The van der Waals surface area contributed by atoms with Gasteiger partial charge in [0.2, 0.25) is 0 Å². The lowest BCUT2D eigenvalue weighted by atomic mass is 10.0. The lowest BCUT2D eigenvalue weighted by Crippen LogP contribution is -2.22. The van der Waals surface area contributed by atoms with Gasteiger partial charge in [-0.3, -0.25) is 0 Å². The molecule has 122 valence electrons. The summed E-state index contributed by atoms with van der Waals surface area (Å²) in [5.41, 5.74) is 6.24. The van der Waals surface area contributed by atoms with Gasteiger partial charge in [0.15, 0.2) is 5.82 Å². The number of nitrogen functional groups attached to an aromatic ring is 1. The summed E-state index contributed by atoms with van der Waals surface area (Å²) in [7, 11) is 0. The smallest absolute Gasteiger partial charge is 0.151 e. The Morgan fingerprint density at radius 3 is 2.91 bits per heavy atom. The van der Waals surface area contributed by atoms with Crippen LogP contribution >= 0.6 is 11.6 Å². The summed E-state index contributed by atoms with van der Waals surface area (Å²) < 4.78 is 19.3. The van der Waals surface area contributed by atoms with E-state index in [2.05, 4.69) is 15.3 Å². The number of nitrogens with zero attached hydrogens (tertiary/aromatic N) is 2. The van der Waals surface area contributed by atoms with Crippen LogP contribution in [0.2, 0.25) is 5.02 Å². The maximum atomic E-state index is 14.0. The van der Waals surface area contributed by atoms with Crippen LogP contribution in [0.1, 0.15) is 12.8 Å². The molecule has 0 bridgehead atoms. The fourth-order valence-corrected chi connectivity index (χ4v) is 2.77. The summed E-state index contributed by atoms with van der Waals surface area (Å²) in [6, 6.07) is 4.92. The molecule has 1 aliphatic rings. The highest BCUT2D eigenvalue weighted by Gasteiger charge is 2.15. The molecule has 1 fully saturated rings. The Labute approximate surface area is 139 Å². The van der Waals surface area contributed by atoms with E-state index in [1.807, 2.05) is 0 Å². The van der Waals surface area contributed by atoms with Crippen molar-refractivity contribution >= 4 is 23.2 Å². The molecule has 0 atom stereocenters. The third-order valence-corrected chi connectivity index (χ3v) is 4.20. The molecular formula is C16H18ClFN4O. The van der Waals surface area contributed by atoms with Crippen LogP contribution in [0.15, 0.2) is 24.4 Å². The van der Waals surface area contributed by atoms with Gasteiger partial charge in [0, 0.05) is 25.3 Å². The van der Waals surface area contributed by atoms with E-state index >= 15 is 0 Å². The van der Waals surface area contributed by atoms with Crippen molar-refractivity contribution in [2.75, 3.05) is 30.8 Å². The third-order valence-electron chi connectivity index (χ3n) is 3.89. The summed E-state index contributed by atoms with van der Waals surface area (Å²) in [4.78, 5) is 8.15. The van der Waals surface area contributed by atoms with E-state index in [9.17, 15) is 4.39 Å². The van der Waals surface area contributed by atoms with Crippen LogP contribution < -0.4 is 11.1 Å². The molecule has 0 amide bonds. The quantitative estimate of drug-likeness (QED) is 0.895. The van der Waals surface area contributed by atoms with Crippen LogP contribution in [0.5, 0.6) is 0 Å². The molecule has 5 nitrogen and oxygen atoms in total. The summed E-state index contributed by atoms with van der Waals surface area (Å²) in [5, 5.41) is 3.66. The van der Waals surface area contributed by atoms with Gasteiger partial charge in [0.25, 0.3) is 0 Å². The van der Waals surface area contributed by atoms with Crippen LogP contribution in [0.4, 0.5) is 16.0 Å². The summed E-state index contributed by atoms with van der Waals surface area (Å²) in [5.74, 6) is 0.929. The van der Waals surface area contributed by atoms with Crippen molar-refractivity contribution < 1.29 is 9.13 Å². The minimum Gasteiger partial charge on any atom is -0.384 e. The van der Waals surface area contributed by atoms with Crippen LogP contribution in [0.25, 0.3) is 11.3 Å². The highest BCUT2D eigenvalue weighted by atomic mass is 35.5. The number of ether oxygens (including phenoxy) is 1. The zero-order chi connectivity index (χ0) is 16.2. The fraction of sp³-hybridized carbons (Fsp3) is 0.375. The number of pyridine rings is 2. The van der Waals surface area contributed by atoms with E-state index in [1.54, 1.807) is 12.1 Å². The van der Waals surface area contributed by atoms with E-state index in [0.717, 1.165) is 38.8 Å². The molecule has 3 rings (SSSR count). The molecule has 0 radical (unpaired) electrons. The first kappa shape index (κ1) is 16.0. The SMILES string of the molecule is Nc1cc(-c2nc(NCC3CCOCC3)ccc2Cl)c(F)cn1. The molecule has 0 unspecified atom stereocenters. The van der Waals surface area contributed by atoms with Gasteiger partial charge >= 0.3 is 0 Å². The number of hydrogen-bond donors (Lipinski definition) is 2. The van der Waals surface area contributed by atoms with Crippen molar-refractivity contribution in [1.82, 2.24) is 9.97 Å². The van der Waals surface area contributed by atoms with E-state index in [4.69, 9.17) is 22.1 Å². The van der Waals surface area contributed by atoms with Gasteiger partial charge in [-0.25, -0.2) is 14.4 Å². The monoisotopic (exact) mass is 336 g/mol. The molecule has 0 spiro atoms.